The average Bonchev–Trinajstić information content (AvgIpc) is 2.75. The Labute approximate surface area is 171 Å². The summed E-state index contributed by atoms with van der Waals surface area (Å²) in [6, 6.07) is 9.47. The van der Waals surface area contributed by atoms with E-state index >= 15 is 0 Å². The Morgan fingerprint density at radius 2 is 1.72 bits per heavy atom. The van der Waals surface area contributed by atoms with E-state index in [4.69, 9.17) is 19.2 Å². The summed E-state index contributed by atoms with van der Waals surface area (Å²) in [5.41, 5.74) is 3.40. The predicted molar refractivity (Wildman–Crippen MR) is 113 cm³/mol. The Bertz CT molecular complexity index is 883. The van der Waals surface area contributed by atoms with Gasteiger partial charge in [0.25, 0.3) is 0 Å². The van der Waals surface area contributed by atoms with Gasteiger partial charge >= 0.3 is 0 Å². The molecule has 0 aromatic heterocycles. The first-order valence-corrected chi connectivity index (χ1v) is 9.72. The minimum atomic E-state index is 0.123. The van der Waals surface area contributed by atoms with Crippen LogP contribution in [0.5, 0.6) is 23.0 Å². The molecular formula is C22H29N3O4. The molecule has 1 aliphatic rings. The fourth-order valence-corrected chi connectivity index (χ4v) is 3.49. The van der Waals surface area contributed by atoms with Gasteiger partial charge in [-0.2, -0.15) is 0 Å². The van der Waals surface area contributed by atoms with E-state index in [1.165, 1.54) is 18.2 Å². The van der Waals surface area contributed by atoms with Crippen molar-refractivity contribution in [1.82, 2.24) is 10.2 Å². The van der Waals surface area contributed by atoms with Crippen LogP contribution >= 0.6 is 0 Å². The largest absolute Gasteiger partial charge is 0.504 e. The van der Waals surface area contributed by atoms with Gasteiger partial charge in [0.1, 0.15) is 0 Å². The number of aromatic hydroxyl groups is 1. The third-order valence-electron chi connectivity index (χ3n) is 5.01. The molecule has 1 heterocycles. The number of aliphatic imine (C=N–C) groups is 1. The maximum absolute atomic E-state index is 9.99. The van der Waals surface area contributed by atoms with Crippen LogP contribution in [-0.2, 0) is 19.5 Å². The molecule has 0 aliphatic carbocycles. The quantitative estimate of drug-likeness (QED) is 0.575. The van der Waals surface area contributed by atoms with Gasteiger partial charge in [-0.15, -0.1) is 0 Å². The van der Waals surface area contributed by atoms with Gasteiger partial charge in [-0.3, -0.25) is 0 Å². The molecule has 0 bridgehead atoms. The van der Waals surface area contributed by atoms with Crippen molar-refractivity contribution in [3.05, 3.63) is 47.0 Å². The Kier molecular flexibility index (Phi) is 6.69. The number of nitrogens with zero attached hydrogens (tertiary/aromatic N) is 2. The molecular weight excluding hydrogens is 370 g/mol. The monoisotopic (exact) mass is 399 g/mol. The smallest absolute Gasteiger partial charge is 0.194 e. The van der Waals surface area contributed by atoms with Gasteiger partial charge in [0, 0.05) is 19.6 Å². The number of methoxy groups -OCH3 is 3. The van der Waals surface area contributed by atoms with Crippen LogP contribution < -0.4 is 19.5 Å². The maximum atomic E-state index is 9.99. The number of phenols is 1. The summed E-state index contributed by atoms with van der Waals surface area (Å²) < 4.78 is 16.0. The molecule has 2 aromatic rings. The van der Waals surface area contributed by atoms with E-state index in [0.717, 1.165) is 49.1 Å². The second kappa shape index (κ2) is 9.41. The molecule has 0 fully saturated rings. The number of fused-ring (bicyclic) bond motifs is 1. The highest BCUT2D eigenvalue weighted by Crippen LogP contribution is 2.33. The molecule has 0 amide bonds. The standard InChI is InChI=1S/C22H29N3O4/c1-5-23-22(24-13-15-6-7-19(27-2)18(26)10-15)25-9-8-16-11-20(28-3)21(29-4)12-17(16)14-25/h6-7,10-12,26H,5,8-9,13-14H2,1-4H3,(H,23,24). The lowest BCUT2D eigenvalue weighted by atomic mass is 9.99. The Hall–Kier alpha value is -3.09. The minimum absolute atomic E-state index is 0.123. The average molecular weight is 399 g/mol. The van der Waals surface area contributed by atoms with Crippen LogP contribution in [0.1, 0.15) is 23.6 Å². The van der Waals surface area contributed by atoms with Gasteiger partial charge in [-0.1, -0.05) is 6.07 Å². The summed E-state index contributed by atoms with van der Waals surface area (Å²) in [6.07, 6.45) is 0.906. The second-order valence-corrected chi connectivity index (χ2v) is 6.82. The van der Waals surface area contributed by atoms with E-state index in [1.807, 2.05) is 12.1 Å². The normalized spacial score (nSPS) is 13.7. The number of rotatable bonds is 6. The van der Waals surface area contributed by atoms with Gasteiger partial charge in [0.2, 0.25) is 0 Å². The van der Waals surface area contributed by atoms with Crippen molar-refractivity contribution in [2.24, 2.45) is 4.99 Å². The Morgan fingerprint density at radius 3 is 2.34 bits per heavy atom. The molecule has 7 heteroatoms. The van der Waals surface area contributed by atoms with E-state index in [1.54, 1.807) is 26.4 Å². The number of ether oxygens (including phenoxy) is 3. The van der Waals surface area contributed by atoms with Crippen LogP contribution in [0.2, 0.25) is 0 Å². The Morgan fingerprint density at radius 1 is 1.03 bits per heavy atom. The summed E-state index contributed by atoms with van der Waals surface area (Å²) in [7, 11) is 4.85. The summed E-state index contributed by atoms with van der Waals surface area (Å²) in [4.78, 5) is 7.01. The van der Waals surface area contributed by atoms with E-state index in [0.29, 0.717) is 12.3 Å². The molecule has 7 nitrogen and oxygen atoms in total. The molecule has 0 radical (unpaired) electrons. The Balaban J connectivity index is 1.79. The van der Waals surface area contributed by atoms with Crippen molar-refractivity contribution in [2.45, 2.75) is 26.4 Å². The summed E-state index contributed by atoms with van der Waals surface area (Å²) in [6.45, 7) is 4.91. The van der Waals surface area contributed by atoms with Crippen molar-refractivity contribution in [2.75, 3.05) is 34.4 Å². The zero-order valence-electron chi connectivity index (χ0n) is 17.5. The van der Waals surface area contributed by atoms with E-state index in [9.17, 15) is 5.11 Å². The third-order valence-corrected chi connectivity index (χ3v) is 5.01. The van der Waals surface area contributed by atoms with Crippen LogP contribution in [0.15, 0.2) is 35.3 Å². The van der Waals surface area contributed by atoms with Crippen LogP contribution in [0.25, 0.3) is 0 Å². The van der Waals surface area contributed by atoms with Crippen LogP contribution in [0, 0.1) is 0 Å². The fraction of sp³-hybridized carbons (Fsp3) is 0.409. The van der Waals surface area contributed by atoms with Crippen LogP contribution in [-0.4, -0.2) is 50.4 Å². The number of benzene rings is 2. The zero-order chi connectivity index (χ0) is 20.8. The summed E-state index contributed by atoms with van der Waals surface area (Å²) in [5.74, 6) is 2.94. The molecule has 0 spiro atoms. The van der Waals surface area contributed by atoms with Gasteiger partial charge < -0.3 is 29.5 Å². The summed E-state index contributed by atoms with van der Waals surface area (Å²) >= 11 is 0. The number of hydrogen-bond donors (Lipinski definition) is 2. The highest BCUT2D eigenvalue weighted by atomic mass is 16.5. The highest BCUT2D eigenvalue weighted by Gasteiger charge is 2.21. The third kappa shape index (κ3) is 4.67. The van der Waals surface area contributed by atoms with Crippen molar-refractivity contribution in [3.8, 4) is 23.0 Å². The van der Waals surface area contributed by atoms with Crippen LogP contribution in [0.4, 0.5) is 0 Å². The molecule has 0 unspecified atom stereocenters. The first kappa shape index (κ1) is 20.6. The molecule has 29 heavy (non-hydrogen) atoms. The highest BCUT2D eigenvalue weighted by molar-refractivity contribution is 5.80. The predicted octanol–water partition coefficient (Wildman–Crippen LogP) is 2.94. The number of guanidine groups is 1. The van der Waals surface area contributed by atoms with Gasteiger partial charge in [-0.25, -0.2) is 4.99 Å². The van der Waals surface area contributed by atoms with Crippen molar-refractivity contribution in [3.63, 3.8) is 0 Å². The van der Waals surface area contributed by atoms with Crippen LogP contribution in [0.3, 0.4) is 0 Å². The number of phenolic OH excluding ortho intramolecular Hbond substituents is 1. The lowest BCUT2D eigenvalue weighted by Gasteiger charge is -2.32. The van der Waals surface area contributed by atoms with E-state index in [-0.39, 0.29) is 5.75 Å². The first-order valence-electron chi connectivity index (χ1n) is 9.72. The minimum Gasteiger partial charge on any atom is -0.504 e. The molecule has 1 aliphatic heterocycles. The number of nitrogens with one attached hydrogen (secondary N) is 1. The molecule has 3 rings (SSSR count). The maximum Gasteiger partial charge on any atom is 0.194 e. The molecule has 0 atom stereocenters. The van der Waals surface area contributed by atoms with Crippen molar-refractivity contribution >= 4 is 5.96 Å². The van der Waals surface area contributed by atoms with Crippen molar-refractivity contribution < 1.29 is 19.3 Å². The molecule has 0 saturated carbocycles. The molecule has 0 saturated heterocycles. The zero-order valence-corrected chi connectivity index (χ0v) is 17.5. The number of hydrogen-bond acceptors (Lipinski definition) is 5. The molecule has 2 aromatic carbocycles. The topological polar surface area (TPSA) is 75.6 Å². The molecule has 156 valence electrons. The van der Waals surface area contributed by atoms with Crippen molar-refractivity contribution in [1.29, 1.82) is 0 Å². The SMILES string of the molecule is CCNC(=NCc1ccc(OC)c(O)c1)N1CCc2cc(OC)c(OC)cc2C1. The van der Waals surface area contributed by atoms with Gasteiger partial charge in [0.15, 0.2) is 29.0 Å². The lowest BCUT2D eigenvalue weighted by Crippen LogP contribution is -2.44. The first-order chi connectivity index (χ1) is 14.1. The van der Waals surface area contributed by atoms with E-state index < -0.39 is 0 Å². The summed E-state index contributed by atoms with van der Waals surface area (Å²) in [5, 5.41) is 13.4. The lowest BCUT2D eigenvalue weighted by molar-refractivity contribution is 0.346. The van der Waals surface area contributed by atoms with Gasteiger partial charge in [0.05, 0.1) is 27.9 Å². The second-order valence-electron chi connectivity index (χ2n) is 6.82. The van der Waals surface area contributed by atoms with Gasteiger partial charge in [-0.05, 0) is 54.3 Å². The molecule has 2 N–H and O–H groups in total. The van der Waals surface area contributed by atoms with E-state index in [2.05, 4.69) is 23.2 Å². The fourth-order valence-electron chi connectivity index (χ4n) is 3.49.